The predicted molar refractivity (Wildman–Crippen MR) is 204 cm³/mol. The highest BCUT2D eigenvalue weighted by Gasteiger charge is 2.16. The van der Waals surface area contributed by atoms with Crippen LogP contribution in [0.1, 0.15) is 0 Å². The first-order valence-electron chi connectivity index (χ1n) is 16.6. The summed E-state index contributed by atoms with van der Waals surface area (Å²) in [4.78, 5) is 10.1. The highest BCUT2D eigenvalue weighted by Crippen LogP contribution is 2.37. The van der Waals surface area contributed by atoms with Crippen molar-refractivity contribution in [2.45, 2.75) is 0 Å². The fourth-order valence-electron chi connectivity index (χ4n) is 6.77. The van der Waals surface area contributed by atoms with Crippen LogP contribution in [-0.2, 0) is 0 Å². The summed E-state index contributed by atoms with van der Waals surface area (Å²) in [5, 5.41) is 2.45. The molecule has 2 aromatic heterocycles. The Morgan fingerprint density at radius 1 is 0.306 bits per heavy atom. The van der Waals surface area contributed by atoms with E-state index in [1.54, 1.807) is 0 Å². The molecule has 0 atom stereocenters. The molecule has 0 aliphatic heterocycles. The van der Waals surface area contributed by atoms with E-state index in [2.05, 4.69) is 156 Å². The molecular weight excluding hydrogens is 595 g/mol. The quantitative estimate of drug-likeness (QED) is 0.184. The first kappa shape index (κ1) is 28.6. The molecule has 49 heavy (non-hydrogen) atoms. The molecule has 0 spiro atoms. The zero-order valence-electron chi connectivity index (χ0n) is 26.7. The largest absolute Gasteiger partial charge is 0.309 e. The lowest BCUT2D eigenvalue weighted by molar-refractivity contribution is 1.16. The van der Waals surface area contributed by atoms with E-state index in [-0.39, 0.29) is 0 Å². The van der Waals surface area contributed by atoms with Crippen molar-refractivity contribution in [3.05, 3.63) is 188 Å². The Kier molecular flexibility index (Phi) is 7.14. The maximum absolute atomic E-state index is 5.05. The third-order valence-electron chi connectivity index (χ3n) is 9.23. The molecule has 0 saturated heterocycles. The minimum Gasteiger partial charge on any atom is -0.309 e. The van der Waals surface area contributed by atoms with Crippen LogP contribution in [0.25, 0.3) is 83.6 Å². The van der Waals surface area contributed by atoms with Gasteiger partial charge in [0.05, 0.1) is 22.4 Å². The van der Waals surface area contributed by atoms with Gasteiger partial charge in [-0.15, -0.1) is 0 Å². The summed E-state index contributed by atoms with van der Waals surface area (Å²) in [6, 6.07) is 66.2. The Balaban J connectivity index is 1.19. The Bertz CT molecular complexity index is 2400. The Morgan fingerprint density at radius 2 is 0.694 bits per heavy atom. The van der Waals surface area contributed by atoms with E-state index in [1.807, 2.05) is 36.4 Å². The summed E-state index contributed by atoms with van der Waals surface area (Å²) in [5.74, 6) is 0.703. The van der Waals surface area contributed by atoms with Crippen molar-refractivity contribution in [1.29, 1.82) is 0 Å². The monoisotopic (exact) mass is 625 g/mol. The number of aromatic nitrogens is 3. The van der Waals surface area contributed by atoms with Crippen molar-refractivity contribution in [3.8, 4) is 61.8 Å². The maximum atomic E-state index is 5.05. The van der Waals surface area contributed by atoms with Crippen molar-refractivity contribution < 1.29 is 0 Å². The van der Waals surface area contributed by atoms with Crippen molar-refractivity contribution in [1.82, 2.24) is 14.5 Å². The van der Waals surface area contributed by atoms with Crippen LogP contribution >= 0.6 is 0 Å². The number of nitrogens with zero attached hydrogens (tertiary/aromatic N) is 3. The van der Waals surface area contributed by atoms with Crippen molar-refractivity contribution >= 4 is 21.8 Å². The number of hydrogen-bond donors (Lipinski definition) is 0. The zero-order valence-corrected chi connectivity index (χ0v) is 26.7. The molecule has 7 aromatic carbocycles. The van der Waals surface area contributed by atoms with Gasteiger partial charge in [-0.3, -0.25) is 0 Å². The van der Waals surface area contributed by atoms with E-state index < -0.39 is 0 Å². The molecule has 3 nitrogen and oxygen atoms in total. The highest BCUT2D eigenvalue weighted by molar-refractivity contribution is 6.11. The van der Waals surface area contributed by atoms with Gasteiger partial charge in [0.1, 0.15) is 0 Å². The first-order valence-corrected chi connectivity index (χ1v) is 16.6. The van der Waals surface area contributed by atoms with E-state index in [9.17, 15) is 0 Å². The van der Waals surface area contributed by atoms with Crippen LogP contribution in [0.4, 0.5) is 0 Å². The van der Waals surface area contributed by atoms with Gasteiger partial charge in [-0.1, -0.05) is 133 Å². The van der Waals surface area contributed by atoms with Crippen molar-refractivity contribution in [3.63, 3.8) is 0 Å². The van der Waals surface area contributed by atoms with Crippen molar-refractivity contribution in [2.24, 2.45) is 0 Å². The summed E-state index contributed by atoms with van der Waals surface area (Å²) in [6.45, 7) is 0. The molecule has 3 heteroatoms. The van der Waals surface area contributed by atoms with E-state index in [1.165, 1.54) is 44.1 Å². The molecule has 230 valence electrons. The summed E-state index contributed by atoms with van der Waals surface area (Å²) in [6.07, 6.45) is 0. The average Bonchev–Trinajstić information content (AvgIpc) is 3.52. The van der Waals surface area contributed by atoms with Crippen LogP contribution in [-0.4, -0.2) is 14.5 Å². The standard InChI is InChI=1S/C46H31N3/c1-5-13-32(14-6-1)37-23-27-44-40(29-37)41-30-38(33-15-7-2-8-16-33)24-28-45(41)49(44)39-25-21-36(22-26-39)46-47-42(34-17-9-3-10-18-34)31-43(48-46)35-19-11-4-12-20-35/h1-31H. The van der Waals surface area contributed by atoms with Crippen molar-refractivity contribution in [2.75, 3.05) is 0 Å². The van der Waals surface area contributed by atoms with Gasteiger partial charge in [0, 0.05) is 33.2 Å². The molecule has 9 aromatic rings. The predicted octanol–water partition coefficient (Wildman–Crippen LogP) is 11.9. The number of rotatable bonds is 6. The van der Waals surface area contributed by atoms with E-state index >= 15 is 0 Å². The Morgan fingerprint density at radius 3 is 1.12 bits per heavy atom. The van der Waals surface area contributed by atoms with E-state index in [4.69, 9.17) is 9.97 Å². The third kappa shape index (κ3) is 5.38. The lowest BCUT2D eigenvalue weighted by Crippen LogP contribution is -1.97. The minimum absolute atomic E-state index is 0.703. The van der Waals surface area contributed by atoms with E-state index in [0.29, 0.717) is 5.82 Å². The minimum atomic E-state index is 0.703. The summed E-state index contributed by atoms with van der Waals surface area (Å²) >= 11 is 0. The van der Waals surface area contributed by atoms with Gasteiger partial charge in [0.15, 0.2) is 5.82 Å². The number of benzene rings is 7. The molecule has 0 bridgehead atoms. The molecule has 0 fully saturated rings. The molecule has 0 unspecified atom stereocenters. The lowest BCUT2D eigenvalue weighted by Gasteiger charge is -2.11. The summed E-state index contributed by atoms with van der Waals surface area (Å²) in [7, 11) is 0. The fourth-order valence-corrected chi connectivity index (χ4v) is 6.77. The van der Waals surface area contributed by atoms with Crippen LogP contribution in [0.2, 0.25) is 0 Å². The molecule has 0 aliphatic carbocycles. The molecule has 0 amide bonds. The van der Waals surface area contributed by atoms with Crippen LogP contribution in [0.5, 0.6) is 0 Å². The van der Waals surface area contributed by atoms with E-state index in [0.717, 1.165) is 33.8 Å². The maximum Gasteiger partial charge on any atom is 0.160 e. The molecule has 9 rings (SSSR count). The van der Waals surface area contributed by atoms with Gasteiger partial charge in [-0.2, -0.15) is 0 Å². The molecular formula is C46H31N3. The van der Waals surface area contributed by atoms with Crippen LogP contribution in [0, 0.1) is 0 Å². The molecule has 0 N–H and O–H groups in total. The number of fused-ring (bicyclic) bond motifs is 3. The second-order valence-electron chi connectivity index (χ2n) is 12.3. The van der Waals surface area contributed by atoms with Crippen LogP contribution in [0.15, 0.2) is 188 Å². The zero-order chi connectivity index (χ0) is 32.6. The summed E-state index contributed by atoms with van der Waals surface area (Å²) in [5.41, 5.74) is 13.2. The normalized spacial score (nSPS) is 11.3. The molecule has 0 saturated carbocycles. The molecule has 2 heterocycles. The van der Waals surface area contributed by atoms with Gasteiger partial charge in [0.25, 0.3) is 0 Å². The second kappa shape index (κ2) is 12.2. The SMILES string of the molecule is c1ccc(-c2ccc3c(c2)c2cc(-c4ccccc4)ccc2n3-c2ccc(-c3nc(-c4ccccc4)cc(-c4ccccc4)n3)cc2)cc1. The lowest BCUT2D eigenvalue weighted by atomic mass is 10.0. The molecule has 0 radical (unpaired) electrons. The average molecular weight is 626 g/mol. The van der Waals surface area contributed by atoms with Crippen LogP contribution < -0.4 is 0 Å². The smallest absolute Gasteiger partial charge is 0.160 e. The molecule has 0 aliphatic rings. The van der Waals surface area contributed by atoms with Gasteiger partial charge in [0.2, 0.25) is 0 Å². The van der Waals surface area contributed by atoms with Gasteiger partial charge >= 0.3 is 0 Å². The Hall–Kier alpha value is -6.58. The van der Waals surface area contributed by atoms with Crippen LogP contribution in [0.3, 0.4) is 0 Å². The number of hydrogen-bond acceptors (Lipinski definition) is 2. The summed E-state index contributed by atoms with van der Waals surface area (Å²) < 4.78 is 2.37. The highest BCUT2D eigenvalue weighted by atomic mass is 15.0. The van der Waals surface area contributed by atoms with Gasteiger partial charge in [-0.25, -0.2) is 9.97 Å². The second-order valence-corrected chi connectivity index (χ2v) is 12.3. The third-order valence-corrected chi connectivity index (χ3v) is 9.23. The fraction of sp³-hybridized carbons (Fsp3) is 0. The Labute approximate surface area is 285 Å². The van der Waals surface area contributed by atoms with Gasteiger partial charge < -0.3 is 4.57 Å². The first-order chi connectivity index (χ1) is 24.3. The topological polar surface area (TPSA) is 30.7 Å². The van der Waals surface area contributed by atoms with Gasteiger partial charge in [-0.05, 0) is 76.9 Å².